The first-order chi connectivity index (χ1) is 6.68. The maximum Gasteiger partial charge on any atom is 0.141 e. The van der Waals surface area contributed by atoms with Gasteiger partial charge in [-0.1, -0.05) is 0 Å². The number of rotatable bonds is 1. The number of aromatic nitrogens is 3. The third kappa shape index (κ3) is 1.35. The Morgan fingerprint density at radius 2 is 2.14 bits per heavy atom. The summed E-state index contributed by atoms with van der Waals surface area (Å²) in [4.78, 5) is 11.6. The van der Waals surface area contributed by atoms with Crippen LogP contribution in [0.3, 0.4) is 0 Å². The molecular weight excluding hydrogens is 176 g/mol. The minimum absolute atomic E-state index is 0.689. The summed E-state index contributed by atoms with van der Waals surface area (Å²) in [6.45, 7) is 3.94. The summed E-state index contributed by atoms with van der Waals surface area (Å²) < 4.78 is 0. The van der Waals surface area contributed by atoms with E-state index in [2.05, 4.69) is 15.0 Å². The van der Waals surface area contributed by atoms with Crippen LogP contribution in [0.1, 0.15) is 11.4 Å². The Hall–Kier alpha value is -1.84. The Kier molecular flexibility index (Phi) is 1.96. The van der Waals surface area contributed by atoms with E-state index in [1.807, 2.05) is 13.8 Å². The van der Waals surface area contributed by atoms with Gasteiger partial charge in [0.05, 0.1) is 11.3 Å². The van der Waals surface area contributed by atoms with Crippen molar-refractivity contribution in [2.45, 2.75) is 13.8 Å². The molecule has 0 radical (unpaired) electrons. The Morgan fingerprint density at radius 3 is 2.71 bits per heavy atom. The molecule has 4 heteroatoms. The number of aryl methyl sites for hydroxylation is 2. The standard InChI is InChI=1S/C10H12N4/c1-6-7(2)14-10(13-6)8-5-12-4-3-9(8)11/h3-5H,1-2H3,(H2,11,12)(H,13,14). The normalized spacial score (nSPS) is 10.4. The molecule has 14 heavy (non-hydrogen) atoms. The number of aromatic amines is 1. The zero-order valence-corrected chi connectivity index (χ0v) is 8.20. The fourth-order valence-corrected chi connectivity index (χ4v) is 1.28. The first-order valence-corrected chi connectivity index (χ1v) is 4.41. The molecule has 0 saturated heterocycles. The number of hydrogen-bond acceptors (Lipinski definition) is 3. The Morgan fingerprint density at radius 1 is 1.36 bits per heavy atom. The van der Waals surface area contributed by atoms with Gasteiger partial charge in [0, 0.05) is 23.8 Å². The lowest BCUT2D eigenvalue weighted by Gasteiger charge is -1.99. The van der Waals surface area contributed by atoms with E-state index in [1.54, 1.807) is 18.5 Å². The number of nitrogens with two attached hydrogens (primary N) is 1. The predicted octanol–water partition coefficient (Wildman–Crippen LogP) is 1.67. The van der Waals surface area contributed by atoms with Crippen molar-refractivity contribution in [3.8, 4) is 11.4 Å². The molecule has 3 N–H and O–H groups in total. The smallest absolute Gasteiger partial charge is 0.141 e. The largest absolute Gasteiger partial charge is 0.398 e. The van der Waals surface area contributed by atoms with Crippen molar-refractivity contribution in [2.75, 3.05) is 5.73 Å². The van der Waals surface area contributed by atoms with Crippen LogP contribution in [0.25, 0.3) is 11.4 Å². The second kappa shape index (κ2) is 3.14. The average molecular weight is 188 g/mol. The monoisotopic (exact) mass is 188 g/mol. The highest BCUT2D eigenvalue weighted by molar-refractivity contribution is 5.70. The zero-order chi connectivity index (χ0) is 10.1. The second-order valence-electron chi connectivity index (χ2n) is 3.26. The maximum atomic E-state index is 5.81. The number of nitrogen functional groups attached to an aromatic ring is 1. The molecule has 0 atom stereocenters. The lowest BCUT2D eigenvalue weighted by molar-refractivity contribution is 1.22. The highest BCUT2D eigenvalue weighted by Gasteiger charge is 2.07. The van der Waals surface area contributed by atoms with Crippen LogP contribution in [0.15, 0.2) is 18.5 Å². The quantitative estimate of drug-likeness (QED) is 0.715. The molecule has 2 rings (SSSR count). The molecule has 0 unspecified atom stereocenters. The van der Waals surface area contributed by atoms with Crippen molar-refractivity contribution in [3.05, 3.63) is 29.8 Å². The van der Waals surface area contributed by atoms with E-state index in [9.17, 15) is 0 Å². The highest BCUT2D eigenvalue weighted by Crippen LogP contribution is 2.22. The van der Waals surface area contributed by atoms with E-state index in [-0.39, 0.29) is 0 Å². The minimum atomic E-state index is 0.689. The fraction of sp³-hybridized carbons (Fsp3) is 0.200. The average Bonchev–Trinajstić information content (AvgIpc) is 2.48. The third-order valence-electron chi connectivity index (χ3n) is 2.24. The van der Waals surface area contributed by atoms with Crippen molar-refractivity contribution in [1.82, 2.24) is 15.0 Å². The van der Waals surface area contributed by atoms with Crippen LogP contribution < -0.4 is 5.73 Å². The van der Waals surface area contributed by atoms with Gasteiger partial charge in [0.25, 0.3) is 0 Å². The van der Waals surface area contributed by atoms with E-state index in [1.165, 1.54) is 0 Å². The van der Waals surface area contributed by atoms with E-state index in [0.29, 0.717) is 5.69 Å². The van der Waals surface area contributed by atoms with Gasteiger partial charge >= 0.3 is 0 Å². The van der Waals surface area contributed by atoms with Crippen LogP contribution in [0.4, 0.5) is 5.69 Å². The predicted molar refractivity (Wildman–Crippen MR) is 55.7 cm³/mol. The topological polar surface area (TPSA) is 67.6 Å². The van der Waals surface area contributed by atoms with Gasteiger partial charge in [0.1, 0.15) is 5.82 Å². The van der Waals surface area contributed by atoms with Gasteiger partial charge in [-0.05, 0) is 19.9 Å². The van der Waals surface area contributed by atoms with Crippen molar-refractivity contribution >= 4 is 5.69 Å². The summed E-state index contributed by atoms with van der Waals surface area (Å²) >= 11 is 0. The van der Waals surface area contributed by atoms with Crippen LogP contribution in [0.2, 0.25) is 0 Å². The van der Waals surface area contributed by atoms with Crippen molar-refractivity contribution < 1.29 is 0 Å². The highest BCUT2D eigenvalue weighted by atomic mass is 14.9. The number of nitrogens with one attached hydrogen (secondary N) is 1. The van der Waals surface area contributed by atoms with Crippen molar-refractivity contribution in [3.63, 3.8) is 0 Å². The molecule has 2 aromatic heterocycles. The molecular formula is C10H12N4. The summed E-state index contributed by atoms with van der Waals surface area (Å²) in [6, 6.07) is 1.77. The number of H-pyrrole nitrogens is 1. The summed E-state index contributed by atoms with van der Waals surface area (Å²) in [6.07, 6.45) is 3.38. The number of nitrogens with zero attached hydrogens (tertiary/aromatic N) is 2. The first-order valence-electron chi connectivity index (χ1n) is 4.41. The Labute approximate surface area is 82.2 Å². The summed E-state index contributed by atoms with van der Waals surface area (Å²) in [7, 11) is 0. The molecule has 0 aromatic carbocycles. The fourth-order valence-electron chi connectivity index (χ4n) is 1.28. The van der Waals surface area contributed by atoms with Gasteiger partial charge in [0.2, 0.25) is 0 Å². The lowest BCUT2D eigenvalue weighted by Crippen LogP contribution is -1.91. The third-order valence-corrected chi connectivity index (χ3v) is 2.24. The molecule has 2 heterocycles. The molecule has 0 amide bonds. The Bertz CT molecular complexity index is 439. The van der Waals surface area contributed by atoms with Crippen LogP contribution in [0.5, 0.6) is 0 Å². The van der Waals surface area contributed by atoms with Gasteiger partial charge in [-0.3, -0.25) is 4.98 Å². The van der Waals surface area contributed by atoms with Gasteiger partial charge < -0.3 is 10.7 Å². The molecule has 0 aliphatic heterocycles. The molecule has 72 valence electrons. The van der Waals surface area contributed by atoms with E-state index in [4.69, 9.17) is 5.73 Å². The SMILES string of the molecule is Cc1nc(-c2cnccc2N)[nH]c1C. The van der Waals surface area contributed by atoms with Gasteiger partial charge in [0.15, 0.2) is 0 Å². The minimum Gasteiger partial charge on any atom is -0.398 e. The van der Waals surface area contributed by atoms with Crippen molar-refractivity contribution in [2.24, 2.45) is 0 Å². The van der Waals surface area contributed by atoms with Gasteiger partial charge in [-0.25, -0.2) is 4.98 Å². The number of imidazole rings is 1. The lowest BCUT2D eigenvalue weighted by atomic mass is 10.2. The molecule has 0 spiro atoms. The summed E-state index contributed by atoms with van der Waals surface area (Å²) in [5, 5.41) is 0. The molecule has 0 saturated carbocycles. The molecule has 0 aliphatic carbocycles. The molecule has 4 nitrogen and oxygen atoms in total. The van der Waals surface area contributed by atoms with E-state index < -0.39 is 0 Å². The van der Waals surface area contributed by atoms with Gasteiger partial charge in [-0.2, -0.15) is 0 Å². The van der Waals surface area contributed by atoms with Crippen molar-refractivity contribution in [1.29, 1.82) is 0 Å². The van der Waals surface area contributed by atoms with E-state index >= 15 is 0 Å². The second-order valence-corrected chi connectivity index (χ2v) is 3.26. The van der Waals surface area contributed by atoms with Crippen LogP contribution in [0, 0.1) is 13.8 Å². The first kappa shape index (κ1) is 8.74. The van der Waals surface area contributed by atoms with Crippen LogP contribution in [-0.2, 0) is 0 Å². The van der Waals surface area contributed by atoms with Crippen LogP contribution in [-0.4, -0.2) is 15.0 Å². The molecule has 2 aromatic rings. The Balaban J connectivity index is 2.55. The number of anilines is 1. The molecule has 0 bridgehead atoms. The number of pyridine rings is 1. The maximum absolute atomic E-state index is 5.81. The zero-order valence-electron chi connectivity index (χ0n) is 8.20. The number of hydrogen-bond donors (Lipinski definition) is 2. The summed E-state index contributed by atoms with van der Waals surface area (Å²) in [5.74, 6) is 0.783. The molecule has 0 fully saturated rings. The van der Waals surface area contributed by atoms with Gasteiger partial charge in [-0.15, -0.1) is 0 Å². The van der Waals surface area contributed by atoms with Crippen LogP contribution >= 0.6 is 0 Å². The molecule has 0 aliphatic rings. The summed E-state index contributed by atoms with van der Waals surface area (Å²) in [5.41, 5.74) is 9.40. The van der Waals surface area contributed by atoms with E-state index in [0.717, 1.165) is 22.8 Å².